The predicted octanol–water partition coefficient (Wildman–Crippen LogP) is 7.80. The number of hydrogen-bond donors (Lipinski definition) is 0. The second kappa shape index (κ2) is 11.9. The molecule has 0 saturated carbocycles. The Morgan fingerprint density at radius 2 is 1.65 bits per heavy atom. The largest absolute Gasteiger partial charge is 0.487 e. The molecule has 1 aliphatic heterocycles. The smallest absolute Gasteiger partial charge is 0.293 e. The molecule has 3 aromatic carbocycles. The van der Waals surface area contributed by atoms with Gasteiger partial charge in [0.1, 0.15) is 12.4 Å². The molecule has 1 fully saturated rings. The molecular formula is C26H20ClI2NO3S. The zero-order valence-corrected chi connectivity index (χ0v) is 23.9. The van der Waals surface area contributed by atoms with E-state index in [2.05, 4.69) is 57.3 Å². The van der Waals surface area contributed by atoms with Crippen LogP contribution in [-0.4, -0.2) is 22.6 Å². The van der Waals surface area contributed by atoms with Gasteiger partial charge in [0.2, 0.25) is 0 Å². The Morgan fingerprint density at radius 3 is 2.35 bits per heavy atom. The second-order valence-electron chi connectivity index (χ2n) is 7.62. The van der Waals surface area contributed by atoms with Crippen molar-refractivity contribution in [3.63, 3.8) is 0 Å². The van der Waals surface area contributed by atoms with E-state index in [9.17, 15) is 9.59 Å². The number of imide groups is 1. The summed E-state index contributed by atoms with van der Waals surface area (Å²) < 4.78 is 7.88. The number of aryl methyl sites for hydroxylation is 1. The van der Waals surface area contributed by atoms with E-state index in [1.54, 1.807) is 6.08 Å². The lowest BCUT2D eigenvalue weighted by Crippen LogP contribution is -2.29. The van der Waals surface area contributed by atoms with Crippen LogP contribution in [0, 0.1) is 7.14 Å². The van der Waals surface area contributed by atoms with Gasteiger partial charge in [-0.2, -0.15) is 0 Å². The number of nitrogens with zero attached hydrogens (tertiary/aromatic N) is 1. The van der Waals surface area contributed by atoms with E-state index in [0.29, 0.717) is 23.1 Å². The minimum atomic E-state index is -0.230. The number of thioether (sulfide) groups is 1. The first-order valence-corrected chi connectivity index (χ1v) is 13.9. The molecule has 0 N–H and O–H groups in total. The second-order valence-corrected chi connectivity index (χ2v) is 11.3. The van der Waals surface area contributed by atoms with Crippen molar-refractivity contribution in [2.24, 2.45) is 0 Å². The molecule has 4 nitrogen and oxygen atoms in total. The fourth-order valence-electron chi connectivity index (χ4n) is 3.50. The third kappa shape index (κ3) is 6.35. The van der Waals surface area contributed by atoms with Crippen LogP contribution < -0.4 is 4.74 Å². The molecule has 1 heterocycles. The van der Waals surface area contributed by atoms with Crippen molar-refractivity contribution in [1.29, 1.82) is 0 Å². The molecule has 4 rings (SSSR count). The van der Waals surface area contributed by atoms with Crippen LogP contribution in [0.15, 0.2) is 71.6 Å². The number of carbonyl (C=O) groups is 2. The van der Waals surface area contributed by atoms with Crippen molar-refractivity contribution in [3.8, 4) is 5.75 Å². The fraction of sp³-hybridized carbons (Fsp3) is 0.154. The average molecular weight is 716 g/mol. The molecular weight excluding hydrogens is 696 g/mol. The molecule has 0 bridgehead atoms. The van der Waals surface area contributed by atoms with Gasteiger partial charge in [0, 0.05) is 17.1 Å². The lowest BCUT2D eigenvalue weighted by atomic mass is 10.1. The first kappa shape index (κ1) is 25.5. The first-order valence-electron chi connectivity index (χ1n) is 10.6. The van der Waals surface area contributed by atoms with Gasteiger partial charge in [-0.05, 0) is 105 Å². The SMILES string of the molecule is O=C1S/C(=C/c2cc(I)c(OCc3ccccc3Cl)c(I)c2)C(=O)N1CCCc1ccccc1. The van der Waals surface area contributed by atoms with Crippen molar-refractivity contribution in [2.45, 2.75) is 19.4 Å². The Morgan fingerprint density at radius 1 is 0.971 bits per heavy atom. The third-order valence-corrected chi connectivity index (χ3v) is 8.09. The average Bonchev–Trinajstić information content (AvgIpc) is 3.07. The van der Waals surface area contributed by atoms with E-state index in [1.165, 1.54) is 10.5 Å². The Hall–Kier alpha value is -1.56. The number of hydrogen-bond acceptors (Lipinski definition) is 4. The van der Waals surface area contributed by atoms with Crippen LogP contribution in [0.4, 0.5) is 4.79 Å². The maximum absolute atomic E-state index is 12.9. The number of rotatable bonds is 8. The lowest BCUT2D eigenvalue weighted by molar-refractivity contribution is -0.122. The Kier molecular flexibility index (Phi) is 8.95. The Bertz CT molecular complexity index is 1230. The molecule has 174 valence electrons. The van der Waals surface area contributed by atoms with Crippen LogP contribution in [0.1, 0.15) is 23.1 Å². The number of amides is 2. The van der Waals surface area contributed by atoms with E-state index in [1.807, 2.05) is 54.6 Å². The van der Waals surface area contributed by atoms with E-state index in [4.69, 9.17) is 16.3 Å². The van der Waals surface area contributed by atoms with Gasteiger partial charge >= 0.3 is 0 Å². The quantitative estimate of drug-likeness (QED) is 0.177. The highest BCUT2D eigenvalue weighted by Gasteiger charge is 2.34. The predicted molar refractivity (Wildman–Crippen MR) is 155 cm³/mol. The van der Waals surface area contributed by atoms with E-state index in [0.717, 1.165) is 48.6 Å². The summed E-state index contributed by atoms with van der Waals surface area (Å²) in [5.74, 6) is 0.541. The van der Waals surface area contributed by atoms with Gasteiger partial charge in [-0.1, -0.05) is 60.1 Å². The van der Waals surface area contributed by atoms with Gasteiger partial charge in [-0.25, -0.2) is 0 Å². The van der Waals surface area contributed by atoms with Crippen molar-refractivity contribution < 1.29 is 14.3 Å². The van der Waals surface area contributed by atoms with Crippen LogP contribution in [-0.2, 0) is 17.8 Å². The van der Waals surface area contributed by atoms with Crippen molar-refractivity contribution in [2.75, 3.05) is 6.54 Å². The summed E-state index contributed by atoms with van der Waals surface area (Å²) in [7, 11) is 0. The third-order valence-electron chi connectivity index (χ3n) is 5.21. The minimum absolute atomic E-state index is 0.214. The number of benzene rings is 3. The van der Waals surface area contributed by atoms with Gasteiger partial charge < -0.3 is 4.74 Å². The molecule has 34 heavy (non-hydrogen) atoms. The molecule has 0 atom stereocenters. The fourth-order valence-corrected chi connectivity index (χ4v) is 6.68. The number of ether oxygens (including phenoxy) is 1. The highest BCUT2D eigenvalue weighted by atomic mass is 127. The summed E-state index contributed by atoms with van der Waals surface area (Å²) in [5, 5.41) is 0.456. The van der Waals surface area contributed by atoms with Gasteiger partial charge in [-0.15, -0.1) is 0 Å². The van der Waals surface area contributed by atoms with Crippen molar-refractivity contribution in [1.82, 2.24) is 4.90 Å². The molecule has 1 aliphatic rings. The molecule has 0 aromatic heterocycles. The maximum Gasteiger partial charge on any atom is 0.293 e. The molecule has 0 radical (unpaired) electrons. The lowest BCUT2D eigenvalue weighted by Gasteiger charge is -2.13. The van der Waals surface area contributed by atoms with Crippen LogP contribution in [0.25, 0.3) is 6.08 Å². The summed E-state index contributed by atoms with van der Waals surface area (Å²) in [6.07, 6.45) is 3.35. The molecule has 0 spiro atoms. The van der Waals surface area contributed by atoms with Gasteiger partial charge in [0.25, 0.3) is 11.1 Å². The highest BCUT2D eigenvalue weighted by molar-refractivity contribution is 14.1. The minimum Gasteiger partial charge on any atom is -0.487 e. The van der Waals surface area contributed by atoms with Gasteiger partial charge in [0.15, 0.2) is 0 Å². The first-order chi connectivity index (χ1) is 16.4. The molecule has 1 saturated heterocycles. The number of halogens is 3. The van der Waals surface area contributed by atoms with E-state index in [-0.39, 0.29) is 11.1 Å². The molecule has 0 unspecified atom stereocenters. The van der Waals surface area contributed by atoms with Gasteiger partial charge in [0.05, 0.1) is 12.0 Å². The molecule has 3 aromatic rings. The van der Waals surface area contributed by atoms with Crippen LogP contribution >= 0.6 is 68.5 Å². The van der Waals surface area contributed by atoms with E-state index < -0.39 is 0 Å². The summed E-state index contributed by atoms with van der Waals surface area (Å²) >= 11 is 11.7. The standard InChI is InChI=1S/C26H20ClI2NO3S/c27-20-11-5-4-10-19(20)16-33-24-21(28)13-18(14-22(24)29)15-23-25(31)30(26(32)34-23)12-6-9-17-7-2-1-3-8-17/h1-5,7-8,10-11,13-15H,6,9,12,16H2/b23-15+. The summed E-state index contributed by atoms with van der Waals surface area (Å²) in [6, 6.07) is 21.6. The van der Waals surface area contributed by atoms with E-state index >= 15 is 0 Å². The van der Waals surface area contributed by atoms with Crippen LogP contribution in [0.5, 0.6) is 5.75 Å². The molecule has 0 aliphatic carbocycles. The zero-order chi connectivity index (χ0) is 24.1. The zero-order valence-electron chi connectivity index (χ0n) is 18.0. The Balaban J connectivity index is 1.42. The Labute approximate surface area is 235 Å². The summed E-state index contributed by atoms with van der Waals surface area (Å²) in [5.41, 5.74) is 2.97. The topological polar surface area (TPSA) is 46.6 Å². The van der Waals surface area contributed by atoms with Crippen molar-refractivity contribution >= 4 is 85.8 Å². The summed E-state index contributed by atoms with van der Waals surface area (Å²) in [4.78, 5) is 27.1. The molecule has 8 heteroatoms. The van der Waals surface area contributed by atoms with Crippen molar-refractivity contribution in [3.05, 3.63) is 100 Å². The number of carbonyl (C=O) groups excluding carboxylic acids is 2. The summed E-state index contributed by atoms with van der Waals surface area (Å²) in [6.45, 7) is 0.785. The van der Waals surface area contributed by atoms with Gasteiger partial charge in [-0.3, -0.25) is 14.5 Å². The normalized spacial score (nSPS) is 14.8. The van der Waals surface area contributed by atoms with Crippen LogP contribution in [0.2, 0.25) is 5.02 Å². The molecule has 2 amide bonds. The monoisotopic (exact) mass is 715 g/mol. The maximum atomic E-state index is 12.9. The highest BCUT2D eigenvalue weighted by Crippen LogP contribution is 2.35. The van der Waals surface area contributed by atoms with Crippen LogP contribution in [0.3, 0.4) is 0 Å².